The van der Waals surface area contributed by atoms with E-state index in [1.54, 1.807) is 43.5 Å². The summed E-state index contributed by atoms with van der Waals surface area (Å²) in [6.45, 7) is 0. The largest absolute Gasteiger partial charge is 0.495 e. The molecule has 0 radical (unpaired) electrons. The summed E-state index contributed by atoms with van der Waals surface area (Å²) in [4.78, 5) is 25.0. The molecule has 3 aromatic rings. The Labute approximate surface area is 172 Å². The van der Waals surface area contributed by atoms with Crippen molar-refractivity contribution in [1.29, 1.82) is 0 Å². The highest BCUT2D eigenvalue weighted by Gasteiger charge is 2.51. The molecule has 8 heteroatoms. The van der Waals surface area contributed by atoms with Gasteiger partial charge in [0.15, 0.2) is 0 Å². The van der Waals surface area contributed by atoms with Gasteiger partial charge in [0.1, 0.15) is 17.1 Å². The Bertz CT molecular complexity index is 1150. The second-order valence-corrected chi connectivity index (χ2v) is 7.18. The lowest BCUT2D eigenvalue weighted by Crippen LogP contribution is -2.48. The Morgan fingerprint density at radius 3 is 2.53 bits per heavy atom. The third kappa shape index (κ3) is 3.52. The minimum absolute atomic E-state index is 0.206. The van der Waals surface area contributed by atoms with Crippen molar-refractivity contribution in [2.45, 2.75) is 18.4 Å². The van der Waals surface area contributed by atoms with E-state index in [2.05, 4.69) is 20.8 Å². The second kappa shape index (κ2) is 7.62. The molecule has 0 bridgehead atoms. The number of nitrogens with zero attached hydrogens (tertiary/aromatic N) is 1. The number of amides is 2. The Hall–Kier alpha value is -3.68. The highest BCUT2D eigenvalue weighted by Crippen LogP contribution is 2.37. The van der Waals surface area contributed by atoms with E-state index in [-0.39, 0.29) is 17.6 Å². The first kappa shape index (κ1) is 19.6. The number of likely N-dealkylation sites (N-methyl/N-ethyl adjacent to an activating group) is 1. The zero-order valence-electron chi connectivity index (χ0n) is 16.6. The fourth-order valence-electron chi connectivity index (χ4n) is 3.42. The van der Waals surface area contributed by atoms with Gasteiger partial charge >= 0.3 is 0 Å². The predicted molar refractivity (Wildman–Crippen MR) is 111 cm³/mol. The van der Waals surface area contributed by atoms with Crippen molar-refractivity contribution in [3.05, 3.63) is 59.0 Å². The molecule has 1 heterocycles. The first-order valence-electron chi connectivity index (χ1n) is 9.51. The molecule has 2 amide bonds. The highest BCUT2D eigenvalue weighted by atomic mass is 19.1. The maximum absolute atomic E-state index is 13.1. The van der Waals surface area contributed by atoms with Crippen molar-refractivity contribution < 1.29 is 18.7 Å². The fourth-order valence-corrected chi connectivity index (χ4v) is 3.42. The summed E-state index contributed by atoms with van der Waals surface area (Å²) in [5.41, 5.74) is 1.55. The summed E-state index contributed by atoms with van der Waals surface area (Å²) < 4.78 is 18.7. The van der Waals surface area contributed by atoms with Crippen molar-refractivity contribution in [3.63, 3.8) is 0 Å². The maximum atomic E-state index is 13.1. The molecular weight excluding hydrogens is 387 g/mol. The molecule has 2 aromatic carbocycles. The lowest BCUT2D eigenvalue weighted by Gasteiger charge is -2.17. The van der Waals surface area contributed by atoms with Crippen LogP contribution in [0.15, 0.2) is 36.4 Å². The van der Waals surface area contributed by atoms with E-state index < -0.39 is 5.54 Å². The van der Waals surface area contributed by atoms with Crippen LogP contribution in [-0.4, -0.2) is 41.7 Å². The van der Waals surface area contributed by atoms with Gasteiger partial charge in [-0.15, -0.1) is 0 Å². The number of methoxy groups -OCH3 is 1. The van der Waals surface area contributed by atoms with Crippen molar-refractivity contribution in [2.24, 2.45) is 0 Å². The van der Waals surface area contributed by atoms with E-state index in [1.807, 2.05) is 0 Å². The van der Waals surface area contributed by atoms with Crippen LogP contribution >= 0.6 is 0 Å². The number of hydrogen-bond donors (Lipinski definition) is 3. The number of carbonyl (C=O) groups is 2. The summed E-state index contributed by atoms with van der Waals surface area (Å²) in [7, 11) is 3.03. The van der Waals surface area contributed by atoms with Crippen LogP contribution in [0.5, 0.6) is 5.75 Å². The van der Waals surface area contributed by atoms with Crippen molar-refractivity contribution in [3.8, 4) is 5.75 Å². The molecule has 7 nitrogen and oxygen atoms in total. The molecule has 1 aliphatic carbocycles. The van der Waals surface area contributed by atoms with E-state index in [9.17, 15) is 14.0 Å². The number of rotatable bonds is 6. The average molecular weight is 408 g/mol. The number of nitrogens with one attached hydrogen (secondary N) is 3. The first-order valence-corrected chi connectivity index (χ1v) is 9.51. The maximum Gasteiger partial charge on any atom is 0.255 e. The predicted octanol–water partition coefficient (Wildman–Crippen LogP) is 2.89. The average Bonchev–Trinajstić information content (AvgIpc) is 3.42. The minimum Gasteiger partial charge on any atom is -0.495 e. The summed E-state index contributed by atoms with van der Waals surface area (Å²) in [6, 6.07) is 9.46. The SMILES string of the molecule is CNC(=O)C1(NC(=O)c2ccc3[nH]nc(/C=C/c4ccc(F)cc4)c3c2OC)CC1. The smallest absolute Gasteiger partial charge is 0.255 e. The molecule has 4 rings (SSSR count). The Morgan fingerprint density at radius 1 is 1.17 bits per heavy atom. The molecule has 3 N–H and O–H groups in total. The topological polar surface area (TPSA) is 96.1 Å². The van der Waals surface area contributed by atoms with Gasteiger partial charge < -0.3 is 15.4 Å². The fraction of sp³-hybridized carbons (Fsp3) is 0.227. The van der Waals surface area contributed by atoms with E-state index in [4.69, 9.17) is 4.74 Å². The van der Waals surface area contributed by atoms with Crippen LogP contribution in [0.1, 0.15) is 34.5 Å². The Morgan fingerprint density at radius 2 is 1.90 bits per heavy atom. The van der Waals surface area contributed by atoms with Gasteiger partial charge in [-0.3, -0.25) is 14.7 Å². The van der Waals surface area contributed by atoms with Crippen LogP contribution in [0, 0.1) is 5.82 Å². The molecule has 30 heavy (non-hydrogen) atoms. The molecule has 154 valence electrons. The van der Waals surface area contributed by atoms with Crippen molar-refractivity contribution in [1.82, 2.24) is 20.8 Å². The standard InChI is InChI=1S/C22H21FN4O3/c1-24-21(29)22(11-12-22)25-20(28)15-8-10-17-18(19(15)30-2)16(26-27-17)9-5-13-3-6-14(23)7-4-13/h3-10H,11-12H2,1-2H3,(H,24,29)(H,25,28)(H,26,27)/b9-5+. The van der Waals surface area contributed by atoms with Crippen LogP contribution in [0.25, 0.3) is 23.1 Å². The van der Waals surface area contributed by atoms with Gasteiger partial charge in [0.25, 0.3) is 5.91 Å². The molecule has 0 aliphatic heterocycles. The number of carbonyl (C=O) groups excluding carboxylic acids is 2. The lowest BCUT2D eigenvalue weighted by molar-refractivity contribution is -0.123. The number of H-pyrrole nitrogens is 1. The number of fused-ring (bicyclic) bond motifs is 1. The zero-order valence-corrected chi connectivity index (χ0v) is 16.6. The molecular formula is C22H21FN4O3. The normalized spacial score (nSPS) is 14.6. The number of ether oxygens (including phenoxy) is 1. The Kier molecular flexibility index (Phi) is 4.99. The number of aromatic nitrogens is 2. The van der Waals surface area contributed by atoms with Gasteiger partial charge in [-0.2, -0.15) is 5.10 Å². The van der Waals surface area contributed by atoms with Crippen LogP contribution in [0.3, 0.4) is 0 Å². The van der Waals surface area contributed by atoms with Gasteiger partial charge in [0, 0.05) is 7.05 Å². The summed E-state index contributed by atoms with van der Waals surface area (Å²) in [6.07, 6.45) is 4.76. The Balaban J connectivity index is 1.69. The summed E-state index contributed by atoms with van der Waals surface area (Å²) in [5.74, 6) is -0.531. The third-order valence-corrected chi connectivity index (χ3v) is 5.23. The minimum atomic E-state index is -0.854. The second-order valence-electron chi connectivity index (χ2n) is 7.18. The molecule has 1 aliphatic rings. The lowest BCUT2D eigenvalue weighted by atomic mass is 10.1. The molecule has 1 saturated carbocycles. The number of aromatic amines is 1. The van der Waals surface area contributed by atoms with Crippen LogP contribution in [0.4, 0.5) is 4.39 Å². The van der Waals surface area contributed by atoms with Crippen LogP contribution < -0.4 is 15.4 Å². The van der Waals surface area contributed by atoms with Crippen molar-refractivity contribution in [2.75, 3.05) is 14.2 Å². The monoisotopic (exact) mass is 408 g/mol. The number of benzene rings is 2. The first-order chi connectivity index (χ1) is 14.5. The van der Waals surface area contributed by atoms with E-state index in [0.29, 0.717) is 40.8 Å². The van der Waals surface area contributed by atoms with E-state index in [1.165, 1.54) is 19.2 Å². The summed E-state index contributed by atoms with van der Waals surface area (Å²) in [5, 5.41) is 13.3. The van der Waals surface area contributed by atoms with Gasteiger partial charge in [-0.1, -0.05) is 18.2 Å². The molecule has 1 fully saturated rings. The zero-order chi connectivity index (χ0) is 21.3. The number of halogens is 1. The molecule has 0 spiro atoms. The molecule has 0 saturated heterocycles. The van der Waals surface area contributed by atoms with E-state index in [0.717, 1.165) is 5.56 Å². The van der Waals surface area contributed by atoms with E-state index >= 15 is 0 Å². The molecule has 0 unspecified atom stereocenters. The van der Waals surface area contributed by atoms with Gasteiger partial charge in [0.2, 0.25) is 5.91 Å². The molecule has 1 aromatic heterocycles. The highest BCUT2D eigenvalue weighted by molar-refractivity contribution is 6.07. The molecule has 0 atom stereocenters. The third-order valence-electron chi connectivity index (χ3n) is 5.23. The van der Waals surface area contributed by atoms with Gasteiger partial charge in [-0.25, -0.2) is 4.39 Å². The van der Waals surface area contributed by atoms with Crippen molar-refractivity contribution >= 4 is 34.9 Å². The van der Waals surface area contributed by atoms with Crippen LogP contribution in [-0.2, 0) is 4.79 Å². The van der Waals surface area contributed by atoms with Gasteiger partial charge in [-0.05, 0) is 48.7 Å². The van der Waals surface area contributed by atoms with Gasteiger partial charge in [0.05, 0.1) is 29.3 Å². The summed E-state index contributed by atoms with van der Waals surface area (Å²) >= 11 is 0. The quantitative estimate of drug-likeness (QED) is 0.584. The van der Waals surface area contributed by atoms with Crippen LogP contribution in [0.2, 0.25) is 0 Å². The number of hydrogen-bond acceptors (Lipinski definition) is 4.